The molecule has 0 aliphatic rings. The second-order valence-electron chi connectivity index (χ2n) is 5.34. The van der Waals surface area contributed by atoms with Crippen molar-refractivity contribution in [2.24, 2.45) is 0 Å². The van der Waals surface area contributed by atoms with Crippen molar-refractivity contribution in [3.05, 3.63) is 50.4 Å². The van der Waals surface area contributed by atoms with Crippen LogP contribution in [0.4, 0.5) is 0 Å². The van der Waals surface area contributed by atoms with Crippen molar-refractivity contribution in [2.45, 2.75) is 4.90 Å². The normalized spacial score (nSPS) is 12.2. The number of hydrogen-bond acceptors (Lipinski definition) is 3. The summed E-state index contributed by atoms with van der Waals surface area (Å²) in [6, 6.07) is 7.65. The van der Waals surface area contributed by atoms with E-state index in [-0.39, 0.29) is 45.0 Å². The summed E-state index contributed by atoms with van der Waals surface area (Å²) in [7, 11) is -4.78. The summed E-state index contributed by atoms with van der Waals surface area (Å²) in [6.45, 7) is 0. The van der Waals surface area contributed by atoms with Gasteiger partial charge in [-0.25, -0.2) is 8.42 Å². The van der Waals surface area contributed by atoms with Crippen molar-refractivity contribution in [3.63, 3.8) is 0 Å². The SMILES string of the molecule is O=S(=O)([O-])c1cc2c(Cl)cc(Cl)c3ccc4c(Cl)cc(Cl)c1c4c32.[Na+]. The standard InChI is InChI=1S/C16H6Cl4O3S.Na/c17-9-4-11(19)8-3-13(24(21,22)23)16-12(20)5-10(18)7-2-1-6(9)14(8)15(7)16;/h1-5H,(H,21,22,23);/q;+1/p-1. The number of hydrogen-bond donors (Lipinski definition) is 0. The second kappa shape index (κ2) is 6.55. The van der Waals surface area contributed by atoms with E-state index in [4.69, 9.17) is 46.4 Å². The van der Waals surface area contributed by atoms with E-state index < -0.39 is 15.0 Å². The Morgan fingerprint density at radius 3 is 1.72 bits per heavy atom. The average Bonchev–Trinajstić information content (AvgIpc) is 2.48. The van der Waals surface area contributed by atoms with Gasteiger partial charge in [-0.2, -0.15) is 0 Å². The van der Waals surface area contributed by atoms with Crippen LogP contribution in [-0.2, 0) is 10.1 Å². The van der Waals surface area contributed by atoms with Crippen molar-refractivity contribution in [1.82, 2.24) is 0 Å². The molecule has 4 rings (SSSR count). The summed E-state index contributed by atoms with van der Waals surface area (Å²) in [6.07, 6.45) is 0. The molecular formula is C16H5Cl4NaO3S. The Kier molecular flexibility index (Phi) is 5.17. The molecular weight excluding hydrogens is 437 g/mol. The van der Waals surface area contributed by atoms with Gasteiger partial charge >= 0.3 is 29.6 Å². The molecule has 0 spiro atoms. The van der Waals surface area contributed by atoms with Crippen LogP contribution < -0.4 is 29.6 Å². The first kappa shape index (κ1) is 19.7. The molecule has 0 N–H and O–H groups in total. The smallest absolute Gasteiger partial charge is 0.744 e. The van der Waals surface area contributed by atoms with Gasteiger partial charge in [0.2, 0.25) is 0 Å². The van der Waals surface area contributed by atoms with Crippen molar-refractivity contribution in [2.75, 3.05) is 0 Å². The Balaban J connectivity index is 0.00000182. The minimum Gasteiger partial charge on any atom is -0.744 e. The molecule has 4 aromatic carbocycles. The Labute approximate surface area is 185 Å². The minimum atomic E-state index is -4.78. The largest absolute Gasteiger partial charge is 1.00 e. The zero-order valence-corrected chi connectivity index (χ0v) is 18.4. The Morgan fingerprint density at radius 2 is 1.16 bits per heavy atom. The monoisotopic (exact) mass is 440 g/mol. The first-order chi connectivity index (χ1) is 11.2. The van der Waals surface area contributed by atoms with Gasteiger partial charge in [0.25, 0.3) is 0 Å². The van der Waals surface area contributed by atoms with Gasteiger partial charge in [-0.3, -0.25) is 0 Å². The molecule has 0 radical (unpaired) electrons. The molecule has 0 aliphatic heterocycles. The van der Waals surface area contributed by atoms with Crippen LogP contribution >= 0.6 is 46.4 Å². The molecule has 0 aromatic heterocycles. The summed E-state index contributed by atoms with van der Waals surface area (Å²) in [5.74, 6) is 0. The summed E-state index contributed by atoms with van der Waals surface area (Å²) in [4.78, 5) is -0.432. The third-order valence-corrected chi connectivity index (χ3v) is 6.13. The van der Waals surface area contributed by atoms with Crippen LogP contribution in [0.15, 0.2) is 35.2 Å². The zero-order chi connectivity index (χ0) is 17.4. The average molecular weight is 442 g/mol. The molecule has 4 aromatic rings. The fourth-order valence-corrected chi connectivity index (χ4v) is 5.08. The number of rotatable bonds is 1. The Hall–Kier alpha value is -0.0100. The summed E-state index contributed by atoms with van der Waals surface area (Å²) in [5, 5.41) is 3.91. The van der Waals surface area contributed by atoms with Gasteiger partial charge in [0.05, 0.1) is 9.92 Å². The third-order valence-electron chi connectivity index (χ3n) is 4.03. The fraction of sp³-hybridized carbons (Fsp3) is 0. The molecule has 0 amide bonds. The molecule has 0 saturated heterocycles. The third kappa shape index (κ3) is 2.92. The molecule has 0 bridgehead atoms. The van der Waals surface area contributed by atoms with Crippen LogP contribution in [0, 0.1) is 0 Å². The van der Waals surface area contributed by atoms with Gasteiger partial charge in [-0.15, -0.1) is 0 Å². The maximum absolute atomic E-state index is 11.8. The van der Waals surface area contributed by atoms with Gasteiger partial charge in [0, 0.05) is 47.4 Å². The van der Waals surface area contributed by atoms with Crippen molar-refractivity contribution in [1.29, 1.82) is 0 Å². The van der Waals surface area contributed by atoms with Gasteiger partial charge in [0.1, 0.15) is 10.1 Å². The molecule has 0 heterocycles. The topological polar surface area (TPSA) is 57.2 Å². The molecule has 0 atom stereocenters. The first-order valence-corrected chi connectivity index (χ1v) is 9.52. The van der Waals surface area contributed by atoms with Crippen LogP contribution in [0.5, 0.6) is 0 Å². The molecule has 9 heteroatoms. The van der Waals surface area contributed by atoms with E-state index in [0.29, 0.717) is 37.0 Å². The van der Waals surface area contributed by atoms with E-state index in [2.05, 4.69) is 0 Å². The zero-order valence-electron chi connectivity index (χ0n) is 12.5. The van der Waals surface area contributed by atoms with E-state index in [1.54, 1.807) is 12.1 Å². The number of halogens is 4. The summed E-state index contributed by atoms with van der Waals surface area (Å²) in [5.41, 5.74) is 0. The fourth-order valence-electron chi connectivity index (χ4n) is 3.09. The van der Waals surface area contributed by atoms with E-state index >= 15 is 0 Å². The quantitative estimate of drug-likeness (QED) is 0.259. The predicted octanol–water partition coefficient (Wildman–Crippen LogP) is 3.11. The van der Waals surface area contributed by atoms with Crippen LogP contribution in [-0.4, -0.2) is 13.0 Å². The van der Waals surface area contributed by atoms with Crippen molar-refractivity contribution >= 4 is 88.8 Å². The summed E-state index contributed by atoms with van der Waals surface area (Å²) < 4.78 is 35.4. The molecule has 122 valence electrons. The van der Waals surface area contributed by atoms with Gasteiger partial charge in [-0.1, -0.05) is 58.5 Å². The van der Waals surface area contributed by atoms with Gasteiger partial charge in [-0.05, 0) is 18.2 Å². The van der Waals surface area contributed by atoms with Crippen LogP contribution in [0.25, 0.3) is 32.3 Å². The first-order valence-electron chi connectivity index (χ1n) is 6.60. The predicted molar refractivity (Wildman–Crippen MR) is 98.1 cm³/mol. The molecule has 0 unspecified atom stereocenters. The van der Waals surface area contributed by atoms with E-state index in [0.717, 1.165) is 0 Å². The summed E-state index contributed by atoms with van der Waals surface area (Å²) >= 11 is 25.0. The van der Waals surface area contributed by atoms with Gasteiger partial charge in [0.15, 0.2) is 0 Å². The molecule has 3 nitrogen and oxygen atoms in total. The Bertz CT molecular complexity index is 1270. The molecule has 0 aliphatic carbocycles. The second-order valence-corrected chi connectivity index (χ2v) is 8.32. The molecule has 25 heavy (non-hydrogen) atoms. The maximum atomic E-state index is 11.8. The minimum absolute atomic E-state index is 0. The molecule has 0 fully saturated rings. The van der Waals surface area contributed by atoms with Crippen LogP contribution in [0.1, 0.15) is 0 Å². The Morgan fingerprint density at radius 1 is 0.680 bits per heavy atom. The van der Waals surface area contributed by atoms with Gasteiger partial charge < -0.3 is 4.55 Å². The van der Waals surface area contributed by atoms with E-state index in [1.807, 2.05) is 0 Å². The molecule has 0 saturated carbocycles. The van der Waals surface area contributed by atoms with E-state index in [1.165, 1.54) is 18.2 Å². The van der Waals surface area contributed by atoms with Crippen LogP contribution in [0.3, 0.4) is 0 Å². The van der Waals surface area contributed by atoms with Crippen molar-refractivity contribution in [3.8, 4) is 0 Å². The van der Waals surface area contributed by atoms with Crippen LogP contribution in [0.2, 0.25) is 20.1 Å². The van der Waals surface area contributed by atoms with Crippen molar-refractivity contribution < 1.29 is 42.5 Å². The van der Waals surface area contributed by atoms with E-state index in [9.17, 15) is 13.0 Å². The number of benzene rings is 4. The maximum Gasteiger partial charge on any atom is 1.00 e.